The van der Waals surface area contributed by atoms with Crippen molar-refractivity contribution >= 4 is 44.9 Å². The van der Waals surface area contributed by atoms with E-state index in [4.69, 9.17) is 21.1 Å². The standard InChI is InChI=1S/C17H20ClNO4S/c1-11(2)22-9-5-8-19-14(20)10-23-17(21)16-15(18)12-6-3-4-7-13(12)24-16/h3-4,6-7,11H,5,8-10H2,1-2H3,(H,19,20). The van der Waals surface area contributed by atoms with Gasteiger partial charge in [0.2, 0.25) is 0 Å². The molecule has 24 heavy (non-hydrogen) atoms. The van der Waals surface area contributed by atoms with Crippen molar-refractivity contribution in [1.29, 1.82) is 0 Å². The molecule has 0 unspecified atom stereocenters. The summed E-state index contributed by atoms with van der Waals surface area (Å²) in [4.78, 5) is 24.1. The zero-order chi connectivity index (χ0) is 17.5. The first-order valence-electron chi connectivity index (χ1n) is 7.71. The van der Waals surface area contributed by atoms with Crippen LogP contribution >= 0.6 is 22.9 Å². The summed E-state index contributed by atoms with van der Waals surface area (Å²) in [5, 5.41) is 3.86. The highest BCUT2D eigenvalue weighted by molar-refractivity contribution is 7.21. The second-order valence-electron chi connectivity index (χ2n) is 5.44. The van der Waals surface area contributed by atoms with Crippen molar-refractivity contribution in [2.45, 2.75) is 26.4 Å². The fraction of sp³-hybridized carbons (Fsp3) is 0.412. The van der Waals surface area contributed by atoms with Gasteiger partial charge in [0.05, 0.1) is 11.1 Å². The third-order valence-electron chi connectivity index (χ3n) is 3.15. The lowest BCUT2D eigenvalue weighted by molar-refractivity contribution is -0.124. The van der Waals surface area contributed by atoms with Crippen LogP contribution in [0.5, 0.6) is 0 Å². The van der Waals surface area contributed by atoms with Gasteiger partial charge in [0.25, 0.3) is 5.91 Å². The van der Waals surface area contributed by atoms with Crippen molar-refractivity contribution in [2.75, 3.05) is 19.8 Å². The van der Waals surface area contributed by atoms with E-state index in [-0.39, 0.29) is 18.6 Å². The third-order valence-corrected chi connectivity index (χ3v) is 4.80. The molecule has 0 fully saturated rings. The number of hydrogen-bond acceptors (Lipinski definition) is 5. The van der Waals surface area contributed by atoms with E-state index in [1.807, 2.05) is 38.1 Å². The fourth-order valence-corrected chi connectivity index (χ4v) is 3.41. The number of halogens is 1. The van der Waals surface area contributed by atoms with E-state index in [0.717, 1.165) is 10.1 Å². The van der Waals surface area contributed by atoms with Gasteiger partial charge >= 0.3 is 5.97 Å². The predicted molar refractivity (Wildman–Crippen MR) is 95.8 cm³/mol. The molecule has 7 heteroatoms. The maximum Gasteiger partial charge on any atom is 0.350 e. The maximum absolute atomic E-state index is 12.1. The third kappa shape index (κ3) is 5.19. The van der Waals surface area contributed by atoms with E-state index in [9.17, 15) is 9.59 Å². The molecule has 0 bridgehead atoms. The second kappa shape index (κ2) is 9.01. The summed E-state index contributed by atoms with van der Waals surface area (Å²) < 4.78 is 11.3. The number of ether oxygens (including phenoxy) is 2. The Morgan fingerprint density at radius 3 is 2.75 bits per heavy atom. The summed E-state index contributed by atoms with van der Waals surface area (Å²) in [5.74, 6) is -0.926. The molecule has 0 spiro atoms. The van der Waals surface area contributed by atoms with Gasteiger partial charge in [-0.3, -0.25) is 4.79 Å². The number of esters is 1. The Kier molecular flexibility index (Phi) is 7.02. The SMILES string of the molecule is CC(C)OCCCNC(=O)COC(=O)c1sc2ccccc2c1Cl. The van der Waals surface area contributed by atoms with Crippen LogP contribution in [0.3, 0.4) is 0 Å². The first-order valence-corrected chi connectivity index (χ1v) is 8.91. The van der Waals surface area contributed by atoms with Gasteiger partial charge in [0.1, 0.15) is 4.88 Å². The molecular formula is C17H20ClNO4S. The van der Waals surface area contributed by atoms with E-state index in [1.165, 1.54) is 11.3 Å². The van der Waals surface area contributed by atoms with Crippen molar-refractivity contribution < 1.29 is 19.1 Å². The Balaban J connectivity index is 1.78. The van der Waals surface area contributed by atoms with Crippen molar-refractivity contribution in [2.24, 2.45) is 0 Å². The van der Waals surface area contributed by atoms with Crippen LogP contribution < -0.4 is 5.32 Å². The number of fused-ring (bicyclic) bond motifs is 1. The first kappa shape index (κ1) is 18.7. The normalized spacial score (nSPS) is 11.0. The summed E-state index contributed by atoms with van der Waals surface area (Å²) in [5.41, 5.74) is 0. The topological polar surface area (TPSA) is 64.6 Å². The lowest BCUT2D eigenvalue weighted by Gasteiger charge is -2.08. The van der Waals surface area contributed by atoms with Gasteiger partial charge in [0.15, 0.2) is 6.61 Å². The van der Waals surface area contributed by atoms with Crippen molar-refractivity contribution in [3.05, 3.63) is 34.2 Å². The lowest BCUT2D eigenvalue weighted by Crippen LogP contribution is -2.30. The Morgan fingerprint density at radius 1 is 1.29 bits per heavy atom. The zero-order valence-electron chi connectivity index (χ0n) is 13.6. The summed E-state index contributed by atoms with van der Waals surface area (Å²) in [6.07, 6.45) is 0.882. The Hall–Kier alpha value is -1.63. The van der Waals surface area contributed by atoms with Crippen LogP contribution in [0.15, 0.2) is 24.3 Å². The summed E-state index contributed by atoms with van der Waals surface area (Å²) >= 11 is 7.46. The number of benzene rings is 1. The van der Waals surface area contributed by atoms with Gasteiger partial charge in [-0.2, -0.15) is 0 Å². The van der Waals surface area contributed by atoms with Crippen LogP contribution in [0, 0.1) is 0 Å². The van der Waals surface area contributed by atoms with E-state index < -0.39 is 5.97 Å². The molecule has 1 aromatic carbocycles. The van der Waals surface area contributed by atoms with Crippen LogP contribution in [-0.2, 0) is 14.3 Å². The quantitative estimate of drug-likeness (QED) is 0.570. The number of hydrogen-bond donors (Lipinski definition) is 1. The largest absolute Gasteiger partial charge is 0.451 e. The van der Waals surface area contributed by atoms with Gasteiger partial charge < -0.3 is 14.8 Å². The average Bonchev–Trinajstić information content (AvgIpc) is 2.89. The van der Waals surface area contributed by atoms with Crippen LogP contribution in [0.1, 0.15) is 29.9 Å². The molecule has 1 aromatic heterocycles. The molecule has 130 valence electrons. The maximum atomic E-state index is 12.1. The summed E-state index contributed by atoms with van der Waals surface area (Å²) in [6.45, 7) is 4.64. The summed E-state index contributed by atoms with van der Waals surface area (Å²) in [7, 11) is 0. The Bertz CT molecular complexity index is 714. The van der Waals surface area contributed by atoms with Gasteiger partial charge in [-0.05, 0) is 26.3 Å². The summed E-state index contributed by atoms with van der Waals surface area (Å²) in [6, 6.07) is 7.46. The van der Waals surface area contributed by atoms with Crippen LogP contribution in [0.2, 0.25) is 5.02 Å². The monoisotopic (exact) mass is 369 g/mol. The van der Waals surface area contributed by atoms with Gasteiger partial charge in [-0.15, -0.1) is 11.3 Å². The minimum atomic E-state index is -0.584. The van der Waals surface area contributed by atoms with E-state index in [2.05, 4.69) is 5.32 Å². The number of carbonyl (C=O) groups is 2. The number of carbonyl (C=O) groups excluding carboxylic acids is 2. The number of thiophene rings is 1. The molecule has 0 saturated heterocycles. The minimum absolute atomic E-state index is 0.174. The molecule has 2 rings (SSSR count). The molecule has 0 atom stereocenters. The molecule has 0 radical (unpaired) electrons. The molecule has 0 aliphatic heterocycles. The molecular weight excluding hydrogens is 350 g/mol. The second-order valence-corrected chi connectivity index (χ2v) is 6.87. The predicted octanol–water partition coefficient (Wildman–Crippen LogP) is 3.64. The lowest BCUT2D eigenvalue weighted by atomic mass is 10.2. The van der Waals surface area contributed by atoms with Gasteiger partial charge in [-0.1, -0.05) is 29.8 Å². The van der Waals surface area contributed by atoms with Crippen LogP contribution in [-0.4, -0.2) is 37.7 Å². The minimum Gasteiger partial charge on any atom is -0.451 e. The molecule has 1 N–H and O–H groups in total. The van der Waals surface area contributed by atoms with Crippen LogP contribution in [0.25, 0.3) is 10.1 Å². The van der Waals surface area contributed by atoms with Crippen molar-refractivity contribution in [3.63, 3.8) is 0 Å². The fourth-order valence-electron chi connectivity index (χ4n) is 2.01. The highest BCUT2D eigenvalue weighted by Gasteiger charge is 2.19. The number of nitrogens with one attached hydrogen (secondary N) is 1. The molecule has 1 heterocycles. The number of rotatable bonds is 8. The molecule has 1 amide bonds. The number of amides is 1. The molecule has 0 aliphatic carbocycles. The first-order chi connectivity index (χ1) is 11.5. The highest BCUT2D eigenvalue weighted by atomic mass is 35.5. The van der Waals surface area contributed by atoms with Gasteiger partial charge in [-0.25, -0.2) is 4.79 Å². The van der Waals surface area contributed by atoms with Crippen LogP contribution in [0.4, 0.5) is 0 Å². The molecule has 5 nitrogen and oxygen atoms in total. The van der Waals surface area contributed by atoms with Crippen molar-refractivity contribution in [3.8, 4) is 0 Å². The van der Waals surface area contributed by atoms with Gasteiger partial charge in [0, 0.05) is 23.2 Å². The van der Waals surface area contributed by atoms with E-state index >= 15 is 0 Å². The Labute approximate surface area is 149 Å². The Morgan fingerprint density at radius 2 is 2.04 bits per heavy atom. The van der Waals surface area contributed by atoms with Crippen molar-refractivity contribution in [1.82, 2.24) is 5.32 Å². The van der Waals surface area contributed by atoms with E-state index in [0.29, 0.717) is 29.5 Å². The molecule has 0 saturated carbocycles. The highest BCUT2D eigenvalue weighted by Crippen LogP contribution is 2.35. The molecule has 0 aliphatic rings. The smallest absolute Gasteiger partial charge is 0.350 e. The van der Waals surface area contributed by atoms with E-state index in [1.54, 1.807) is 0 Å². The average molecular weight is 370 g/mol. The molecule has 2 aromatic rings. The zero-order valence-corrected chi connectivity index (χ0v) is 15.2.